The number of aromatic nitrogens is 1. The predicted octanol–water partition coefficient (Wildman–Crippen LogP) is 0.751. The van der Waals surface area contributed by atoms with Crippen LogP contribution >= 0.6 is 11.6 Å². The minimum Gasteiger partial charge on any atom is -0.466 e. The van der Waals surface area contributed by atoms with Crippen LogP contribution in [0.3, 0.4) is 0 Å². The number of hydrogen-bond donors (Lipinski definition) is 1. The number of hydrogen-bond acceptors (Lipinski definition) is 5. The molecule has 0 aliphatic carbocycles. The number of amides is 2. The molecule has 2 heterocycles. The summed E-state index contributed by atoms with van der Waals surface area (Å²) < 4.78 is 60.5. The molecule has 0 bridgehead atoms. The molecule has 3 rings (SSSR count). The van der Waals surface area contributed by atoms with Crippen LogP contribution in [0.5, 0.6) is 11.6 Å². The van der Waals surface area contributed by atoms with E-state index in [4.69, 9.17) is 87.0 Å². The highest BCUT2D eigenvalue weighted by molar-refractivity contribution is 6.69. The van der Waals surface area contributed by atoms with E-state index in [1.807, 2.05) is 0 Å². The molecule has 18 radical (unpaired) electrons. The fourth-order valence-electron chi connectivity index (χ4n) is 4.40. The van der Waals surface area contributed by atoms with E-state index in [0.29, 0.717) is 0 Å². The molecule has 0 saturated carbocycles. The molecule has 7 nitrogen and oxygen atoms in total. The summed E-state index contributed by atoms with van der Waals surface area (Å²) in [6.07, 6.45) is -6.05. The smallest absolute Gasteiger partial charge is 0.466 e. The minimum atomic E-state index is -5.11. The Morgan fingerprint density at radius 3 is 2.10 bits per heavy atom. The lowest BCUT2D eigenvalue weighted by atomic mass is 9.09. The molecule has 0 unspecified atom stereocenters. The number of ether oxygens (including phenoxy) is 2. The standard InChI is InChI=1S/C21H11B9ClF4N3O4/c22-18(23,24)17(19(25,26)27,20(28,29)30)5-13(39)36-15-9(31)4-11-16(37-15)41-7-14(40)38(11)6-8-1-2-12(10(32)3-8)42-21(33,34)35/h1-4H,5-7H2,(H,36,37,39). The summed E-state index contributed by atoms with van der Waals surface area (Å²) in [7, 11) is 52.2. The second-order valence-corrected chi connectivity index (χ2v) is 10.1. The first-order chi connectivity index (χ1) is 19.0. The lowest BCUT2D eigenvalue weighted by Gasteiger charge is -2.65. The third kappa shape index (κ3) is 7.00. The number of rotatable bonds is 9. The first-order valence-corrected chi connectivity index (χ1v) is 11.9. The number of alkyl halides is 3. The van der Waals surface area contributed by atoms with Gasteiger partial charge in [0.25, 0.3) is 5.91 Å². The zero-order valence-electron chi connectivity index (χ0n) is 21.5. The Morgan fingerprint density at radius 2 is 1.60 bits per heavy atom. The summed E-state index contributed by atoms with van der Waals surface area (Å²) in [6, 6.07) is 3.81. The maximum Gasteiger partial charge on any atom is 0.573 e. The number of anilines is 2. The Balaban J connectivity index is 1.90. The van der Waals surface area contributed by atoms with Gasteiger partial charge in [0.1, 0.15) is 5.69 Å². The van der Waals surface area contributed by atoms with Gasteiger partial charge in [-0.15, -0.1) is 28.5 Å². The van der Waals surface area contributed by atoms with Crippen LogP contribution < -0.4 is 19.7 Å². The Hall–Kier alpha value is -2.50. The Labute approximate surface area is 256 Å². The molecule has 196 valence electrons. The van der Waals surface area contributed by atoms with E-state index in [-0.39, 0.29) is 34.5 Å². The van der Waals surface area contributed by atoms with Gasteiger partial charge in [-0.3, -0.25) is 9.59 Å². The molecule has 0 fully saturated rings. The first-order valence-electron chi connectivity index (χ1n) is 11.5. The van der Waals surface area contributed by atoms with Crippen LogP contribution in [-0.2, 0) is 16.1 Å². The minimum absolute atomic E-state index is 0.0145. The second-order valence-electron chi connectivity index (χ2n) is 9.65. The topological polar surface area (TPSA) is 80.8 Å². The number of halogens is 5. The largest absolute Gasteiger partial charge is 0.573 e. The van der Waals surface area contributed by atoms with Crippen molar-refractivity contribution in [1.82, 2.24) is 4.98 Å². The SMILES string of the molecule is [B]C([B])([B])C(CC(=O)Nc1nc2c(cc1Cl)N(Cc1ccc(OC(F)(F)F)c(F)c1)C(=O)CO2)(C([B])([B])[B])C([B])([B])[B]. The summed E-state index contributed by atoms with van der Waals surface area (Å²) >= 11 is 6.29. The number of benzene rings is 1. The molecule has 1 aromatic carbocycles. The van der Waals surface area contributed by atoms with Crippen molar-refractivity contribution >= 4 is 106 Å². The molecule has 1 aliphatic heterocycles. The number of nitrogens with zero attached hydrogens (tertiary/aromatic N) is 2. The Morgan fingerprint density at radius 1 is 1.02 bits per heavy atom. The third-order valence-electron chi connectivity index (χ3n) is 6.31. The monoisotopic (exact) mass is 579 g/mol. The van der Waals surface area contributed by atoms with Crippen molar-refractivity contribution in [2.75, 3.05) is 16.8 Å². The van der Waals surface area contributed by atoms with Gasteiger partial charge >= 0.3 is 6.36 Å². The molecule has 21 heteroatoms. The number of fused-ring (bicyclic) bond motifs is 1. The van der Waals surface area contributed by atoms with Gasteiger partial charge < -0.3 is 19.7 Å². The molecular weight excluding hydrogens is 567 g/mol. The molecule has 42 heavy (non-hydrogen) atoms. The highest BCUT2D eigenvalue weighted by Crippen LogP contribution is 2.63. The molecule has 1 aromatic heterocycles. The summed E-state index contributed by atoms with van der Waals surface area (Å²) in [4.78, 5) is 30.8. The van der Waals surface area contributed by atoms with Gasteiger partial charge in [-0.1, -0.05) is 23.1 Å². The molecule has 2 amide bonds. The molecule has 1 N–H and O–H groups in total. The van der Waals surface area contributed by atoms with Crippen LogP contribution in [0.2, 0.25) is 20.4 Å². The molecule has 2 aromatic rings. The van der Waals surface area contributed by atoms with Crippen molar-refractivity contribution < 1.29 is 36.6 Å². The van der Waals surface area contributed by atoms with Gasteiger partial charge in [0.05, 0.1) is 82.2 Å². The van der Waals surface area contributed by atoms with Crippen LogP contribution in [0.4, 0.5) is 29.1 Å². The van der Waals surface area contributed by atoms with Crippen LogP contribution in [0.25, 0.3) is 0 Å². The van der Waals surface area contributed by atoms with Crippen molar-refractivity contribution in [3.8, 4) is 11.6 Å². The first kappa shape index (κ1) is 34.0. The quantitative estimate of drug-likeness (QED) is 0.352. The lowest BCUT2D eigenvalue weighted by molar-refractivity contribution is -0.275. The van der Waals surface area contributed by atoms with Crippen LogP contribution in [-0.4, -0.2) is 100 Å². The maximum absolute atomic E-state index is 14.2. The second kappa shape index (κ2) is 11.5. The number of pyridine rings is 1. The molecule has 0 spiro atoms. The fourth-order valence-corrected chi connectivity index (χ4v) is 4.59. The van der Waals surface area contributed by atoms with E-state index in [2.05, 4.69) is 15.0 Å². The molecule has 0 saturated heterocycles. The lowest BCUT2D eigenvalue weighted by Crippen LogP contribution is -2.58. The van der Waals surface area contributed by atoms with E-state index in [9.17, 15) is 27.2 Å². The molecule has 1 aliphatic rings. The molecule has 0 atom stereocenters. The van der Waals surface area contributed by atoms with E-state index < -0.39 is 63.5 Å². The van der Waals surface area contributed by atoms with Gasteiger partial charge in [-0.25, -0.2) is 4.39 Å². The van der Waals surface area contributed by atoms with Gasteiger partial charge in [0, 0.05) is 6.42 Å². The van der Waals surface area contributed by atoms with E-state index in [1.165, 1.54) is 6.07 Å². The van der Waals surface area contributed by atoms with Crippen LogP contribution in [0.15, 0.2) is 24.3 Å². The van der Waals surface area contributed by atoms with Crippen molar-refractivity contribution in [2.24, 2.45) is 5.41 Å². The van der Waals surface area contributed by atoms with Gasteiger partial charge in [-0.2, -0.15) is 4.98 Å². The number of carbonyl (C=O) groups excluding carboxylic acids is 2. The normalized spacial score (nSPS) is 14.6. The highest BCUT2D eigenvalue weighted by Gasteiger charge is 2.54. The summed E-state index contributed by atoms with van der Waals surface area (Å²) in [5.41, 5.74) is -2.38. The number of carbonyl (C=O) groups is 2. The predicted molar refractivity (Wildman–Crippen MR) is 155 cm³/mol. The van der Waals surface area contributed by atoms with Crippen LogP contribution in [0, 0.1) is 11.2 Å². The average Bonchev–Trinajstić information content (AvgIpc) is 2.79. The van der Waals surface area contributed by atoms with Crippen molar-refractivity contribution in [2.45, 2.75) is 34.7 Å². The van der Waals surface area contributed by atoms with Gasteiger partial charge in [0.15, 0.2) is 24.0 Å². The van der Waals surface area contributed by atoms with Crippen LogP contribution in [0.1, 0.15) is 12.0 Å². The zero-order valence-corrected chi connectivity index (χ0v) is 22.3. The van der Waals surface area contributed by atoms with Crippen molar-refractivity contribution in [3.05, 3.63) is 40.7 Å². The molecular formula is C21H11B9ClF4N3O4. The van der Waals surface area contributed by atoms with E-state index in [1.54, 1.807) is 0 Å². The fraction of sp³-hybridized carbons (Fsp3) is 0.381. The highest BCUT2D eigenvalue weighted by atomic mass is 35.5. The Kier molecular flexibility index (Phi) is 9.34. The summed E-state index contributed by atoms with van der Waals surface area (Å²) in [6.45, 7) is -0.870. The Bertz CT molecular complexity index is 1350. The van der Waals surface area contributed by atoms with E-state index >= 15 is 0 Å². The zero-order chi connectivity index (χ0) is 32.1. The number of nitrogens with one attached hydrogen (secondary N) is 1. The van der Waals surface area contributed by atoms with Crippen molar-refractivity contribution in [1.29, 1.82) is 0 Å². The van der Waals surface area contributed by atoms with Crippen molar-refractivity contribution in [3.63, 3.8) is 0 Å². The van der Waals surface area contributed by atoms with Gasteiger partial charge in [0.2, 0.25) is 11.8 Å². The van der Waals surface area contributed by atoms with Gasteiger partial charge in [-0.05, 0) is 23.8 Å². The van der Waals surface area contributed by atoms with E-state index in [0.717, 1.165) is 23.1 Å². The third-order valence-corrected chi connectivity index (χ3v) is 6.60. The average molecular weight is 578 g/mol. The maximum atomic E-state index is 14.2. The summed E-state index contributed by atoms with van der Waals surface area (Å²) in [5, 5.41) is -5.44. The summed E-state index contributed by atoms with van der Waals surface area (Å²) in [5.74, 6) is -4.53.